The van der Waals surface area contributed by atoms with E-state index in [0.717, 1.165) is 6.07 Å². The van der Waals surface area contributed by atoms with Crippen molar-refractivity contribution in [3.05, 3.63) is 22.5 Å². The smallest absolute Gasteiger partial charge is 0.254 e. The van der Waals surface area contributed by atoms with Gasteiger partial charge < -0.3 is 9.84 Å². The number of H-pyrrole nitrogens is 1. The van der Waals surface area contributed by atoms with Crippen LogP contribution in [0, 0.1) is 0 Å². The van der Waals surface area contributed by atoms with Gasteiger partial charge in [-0.15, -0.1) is 0 Å². The predicted molar refractivity (Wildman–Crippen MR) is 35.3 cm³/mol. The molecule has 1 aromatic rings. The molecule has 0 amide bonds. The molecule has 54 valence electrons. The fraction of sp³-hybridized carbons (Fsp3) is 0.167. The van der Waals surface area contributed by atoms with E-state index >= 15 is 0 Å². The first-order valence-corrected chi connectivity index (χ1v) is 2.69. The molecule has 0 bridgehead atoms. The van der Waals surface area contributed by atoms with E-state index in [1.165, 1.54) is 13.2 Å². The first-order valence-electron chi connectivity index (χ1n) is 2.69. The van der Waals surface area contributed by atoms with Crippen molar-refractivity contribution < 1.29 is 9.84 Å². The van der Waals surface area contributed by atoms with Gasteiger partial charge in [-0.2, -0.15) is 0 Å². The lowest BCUT2D eigenvalue weighted by molar-refractivity contribution is 0.389. The maximum atomic E-state index is 10.6. The molecule has 1 aromatic heterocycles. The molecule has 0 saturated heterocycles. The molecule has 4 heteroatoms. The van der Waals surface area contributed by atoms with Crippen LogP contribution in [-0.2, 0) is 0 Å². The summed E-state index contributed by atoms with van der Waals surface area (Å²) < 4.78 is 4.66. The van der Waals surface area contributed by atoms with Gasteiger partial charge in [0.15, 0.2) is 5.88 Å². The molecule has 0 spiro atoms. The van der Waals surface area contributed by atoms with Gasteiger partial charge in [-0.05, 0) is 0 Å². The fourth-order valence-corrected chi connectivity index (χ4v) is 0.614. The molecule has 0 unspecified atom stereocenters. The summed E-state index contributed by atoms with van der Waals surface area (Å²) in [5.74, 6) is 0.158. The van der Waals surface area contributed by atoms with Gasteiger partial charge in [-0.25, -0.2) is 0 Å². The standard InChI is InChI=1S/C6H7NO3/c1-10-6-3-4(8)2-5(9)7-6/h2-3H,1H3,(H2,7,8,9). The second-order valence-corrected chi connectivity index (χ2v) is 1.77. The van der Waals surface area contributed by atoms with Gasteiger partial charge in [-0.3, -0.25) is 9.78 Å². The van der Waals surface area contributed by atoms with Crippen molar-refractivity contribution in [1.82, 2.24) is 4.98 Å². The lowest BCUT2D eigenvalue weighted by atomic mass is 10.4. The molecular formula is C6H7NO3. The second kappa shape index (κ2) is 2.43. The Morgan fingerprint density at radius 2 is 2.30 bits per heavy atom. The summed E-state index contributed by atoms with van der Waals surface area (Å²) in [6.45, 7) is 0. The van der Waals surface area contributed by atoms with Crippen LogP contribution < -0.4 is 10.3 Å². The lowest BCUT2D eigenvalue weighted by Crippen LogP contribution is -2.04. The molecule has 1 heterocycles. The van der Waals surface area contributed by atoms with Crippen molar-refractivity contribution in [2.45, 2.75) is 0 Å². The number of pyridine rings is 1. The molecule has 0 radical (unpaired) electrons. The van der Waals surface area contributed by atoms with Crippen molar-refractivity contribution in [1.29, 1.82) is 0 Å². The number of aromatic hydroxyl groups is 1. The van der Waals surface area contributed by atoms with Crippen LogP contribution in [0.3, 0.4) is 0 Å². The maximum Gasteiger partial charge on any atom is 0.254 e. The zero-order valence-corrected chi connectivity index (χ0v) is 5.42. The SMILES string of the molecule is COc1cc(O)cc(=O)[nH]1. The molecule has 1 rings (SSSR count). The number of methoxy groups -OCH3 is 1. The van der Waals surface area contributed by atoms with Crippen LogP contribution in [0.2, 0.25) is 0 Å². The van der Waals surface area contributed by atoms with E-state index in [1.807, 2.05) is 0 Å². The summed E-state index contributed by atoms with van der Waals surface area (Å²) in [4.78, 5) is 12.9. The zero-order chi connectivity index (χ0) is 7.56. The van der Waals surface area contributed by atoms with Gasteiger partial charge in [-0.1, -0.05) is 0 Å². The van der Waals surface area contributed by atoms with Crippen LogP contribution in [0.15, 0.2) is 16.9 Å². The van der Waals surface area contributed by atoms with Crippen LogP contribution in [0.5, 0.6) is 11.6 Å². The number of hydrogen-bond donors (Lipinski definition) is 2. The van der Waals surface area contributed by atoms with Crippen LogP contribution >= 0.6 is 0 Å². The Kier molecular flexibility index (Phi) is 1.62. The third kappa shape index (κ3) is 1.28. The number of rotatable bonds is 1. The number of aromatic nitrogens is 1. The quantitative estimate of drug-likeness (QED) is 0.582. The lowest BCUT2D eigenvalue weighted by Gasteiger charge is -1.97. The summed E-state index contributed by atoms with van der Waals surface area (Å²) in [7, 11) is 1.41. The molecule has 0 aromatic carbocycles. The maximum absolute atomic E-state index is 10.6. The predicted octanol–water partition coefficient (Wildman–Crippen LogP) is 0.0891. The first-order chi connectivity index (χ1) is 4.72. The van der Waals surface area contributed by atoms with Gasteiger partial charge >= 0.3 is 0 Å². The van der Waals surface area contributed by atoms with E-state index in [0.29, 0.717) is 0 Å². The third-order valence-electron chi connectivity index (χ3n) is 1.02. The van der Waals surface area contributed by atoms with Gasteiger partial charge in [0, 0.05) is 12.1 Å². The van der Waals surface area contributed by atoms with E-state index in [4.69, 9.17) is 5.11 Å². The molecule has 0 saturated carbocycles. The summed E-state index contributed by atoms with van der Waals surface area (Å²) in [6, 6.07) is 2.39. The molecule has 0 fully saturated rings. The summed E-state index contributed by atoms with van der Waals surface area (Å²) in [5.41, 5.74) is -0.378. The monoisotopic (exact) mass is 141 g/mol. The number of ether oxygens (including phenoxy) is 1. The van der Waals surface area contributed by atoms with Gasteiger partial charge in [0.25, 0.3) is 5.56 Å². The Morgan fingerprint density at radius 1 is 1.60 bits per heavy atom. The Labute approximate surface area is 57.1 Å². The minimum Gasteiger partial charge on any atom is -0.508 e. The highest BCUT2D eigenvalue weighted by atomic mass is 16.5. The normalized spacial score (nSPS) is 9.30. The Bertz CT molecular complexity index is 279. The highest BCUT2D eigenvalue weighted by Gasteiger charge is 1.94. The number of hydrogen-bond acceptors (Lipinski definition) is 3. The van der Waals surface area contributed by atoms with Crippen molar-refractivity contribution in [3.8, 4) is 11.6 Å². The van der Waals surface area contributed by atoms with Crippen molar-refractivity contribution >= 4 is 0 Å². The van der Waals surface area contributed by atoms with Gasteiger partial charge in [0.2, 0.25) is 0 Å². The average molecular weight is 141 g/mol. The number of nitrogens with one attached hydrogen (secondary N) is 1. The Hall–Kier alpha value is -1.45. The number of aromatic amines is 1. The van der Waals surface area contributed by atoms with Crippen molar-refractivity contribution in [2.24, 2.45) is 0 Å². The summed E-state index contributed by atoms with van der Waals surface area (Å²) in [5, 5.41) is 8.82. The topological polar surface area (TPSA) is 62.3 Å². The Balaban J connectivity index is 3.19. The zero-order valence-electron chi connectivity index (χ0n) is 5.42. The molecule has 10 heavy (non-hydrogen) atoms. The molecule has 0 aliphatic heterocycles. The van der Waals surface area contributed by atoms with E-state index < -0.39 is 0 Å². The third-order valence-corrected chi connectivity index (χ3v) is 1.02. The van der Waals surface area contributed by atoms with Crippen molar-refractivity contribution in [2.75, 3.05) is 7.11 Å². The van der Waals surface area contributed by atoms with Crippen LogP contribution in [0.25, 0.3) is 0 Å². The second-order valence-electron chi connectivity index (χ2n) is 1.77. The first kappa shape index (κ1) is 6.67. The van der Waals surface area contributed by atoms with Crippen molar-refractivity contribution in [3.63, 3.8) is 0 Å². The van der Waals surface area contributed by atoms with Gasteiger partial charge in [0.1, 0.15) is 5.75 Å². The molecule has 0 atom stereocenters. The summed E-state index contributed by atoms with van der Waals surface area (Å²) >= 11 is 0. The highest BCUT2D eigenvalue weighted by molar-refractivity contribution is 5.24. The molecular weight excluding hydrogens is 134 g/mol. The summed E-state index contributed by atoms with van der Waals surface area (Å²) in [6.07, 6.45) is 0. The minimum atomic E-state index is -0.378. The molecule has 4 nitrogen and oxygen atoms in total. The van der Waals surface area contributed by atoms with E-state index in [1.54, 1.807) is 0 Å². The van der Waals surface area contributed by atoms with Gasteiger partial charge in [0.05, 0.1) is 7.11 Å². The molecule has 0 aliphatic rings. The van der Waals surface area contributed by atoms with Crippen LogP contribution in [0.4, 0.5) is 0 Å². The fourth-order valence-electron chi connectivity index (χ4n) is 0.614. The Morgan fingerprint density at radius 3 is 2.80 bits per heavy atom. The van der Waals surface area contributed by atoms with Crippen LogP contribution in [0.1, 0.15) is 0 Å². The molecule has 2 N–H and O–H groups in total. The minimum absolute atomic E-state index is 0.0967. The van der Waals surface area contributed by atoms with E-state index in [-0.39, 0.29) is 17.2 Å². The molecule has 0 aliphatic carbocycles. The van der Waals surface area contributed by atoms with Crippen LogP contribution in [-0.4, -0.2) is 17.2 Å². The largest absolute Gasteiger partial charge is 0.508 e. The highest BCUT2D eigenvalue weighted by Crippen LogP contribution is 2.10. The average Bonchev–Trinajstić information content (AvgIpc) is 1.85. The van der Waals surface area contributed by atoms with E-state index in [9.17, 15) is 4.79 Å². The van der Waals surface area contributed by atoms with E-state index in [2.05, 4.69) is 9.72 Å².